The maximum absolute atomic E-state index is 2.74. The minimum atomic E-state index is -0.101. The molecule has 0 N–H and O–H groups in total. The lowest BCUT2D eigenvalue weighted by molar-refractivity contribution is 0.227. The van der Waals surface area contributed by atoms with Crippen molar-refractivity contribution in [2.75, 3.05) is 4.90 Å². The number of nitrogens with zero attached hydrogens (tertiary/aromatic N) is 1. The molecule has 9 aliphatic rings. The number of rotatable bonds is 6. The van der Waals surface area contributed by atoms with Crippen LogP contribution in [0.1, 0.15) is 100 Å². The quantitative estimate of drug-likeness (QED) is 0.284. The van der Waals surface area contributed by atoms with Gasteiger partial charge in [0.2, 0.25) is 0 Å². The largest absolute Gasteiger partial charge is 0.334 e. The van der Waals surface area contributed by atoms with Crippen molar-refractivity contribution < 1.29 is 0 Å². The fourth-order valence-corrected chi connectivity index (χ4v) is 12.7. The third kappa shape index (κ3) is 5.48. The predicted octanol–water partition coefficient (Wildman–Crippen LogP) is 14.6. The molecule has 0 aromatic heterocycles. The lowest BCUT2D eigenvalue weighted by Crippen LogP contribution is -2.42. The van der Waals surface area contributed by atoms with E-state index in [1.165, 1.54) is 39.2 Å². The molecule has 0 bridgehead atoms. The van der Waals surface area contributed by atoms with Gasteiger partial charge in [-0.3, -0.25) is 0 Å². The molecule has 6 atom stereocenters. The van der Waals surface area contributed by atoms with E-state index in [1.54, 1.807) is 27.9 Å². The van der Waals surface area contributed by atoms with Crippen LogP contribution in [0.25, 0.3) is 11.6 Å². The van der Waals surface area contributed by atoms with Gasteiger partial charge in [-0.05, 0) is 161 Å². The van der Waals surface area contributed by atoms with Gasteiger partial charge >= 0.3 is 0 Å². The summed E-state index contributed by atoms with van der Waals surface area (Å²) in [6.07, 6.45) is 57.2. The van der Waals surface area contributed by atoms with E-state index in [-0.39, 0.29) is 16.9 Å². The Labute approximate surface area is 347 Å². The van der Waals surface area contributed by atoms with E-state index in [0.717, 1.165) is 51.4 Å². The number of fused-ring (bicyclic) bond motifs is 4. The number of anilines is 2. The number of allylic oxidation sites excluding steroid dienone is 23. The zero-order valence-electron chi connectivity index (χ0n) is 34.6. The van der Waals surface area contributed by atoms with Crippen LogP contribution in [0.4, 0.5) is 11.4 Å². The molecule has 2 aromatic carbocycles. The second-order valence-electron chi connectivity index (χ2n) is 18.9. The third-order valence-corrected chi connectivity index (χ3v) is 15.6. The van der Waals surface area contributed by atoms with Gasteiger partial charge in [-0.1, -0.05) is 154 Å². The van der Waals surface area contributed by atoms with E-state index in [4.69, 9.17) is 0 Å². The molecule has 0 radical (unpaired) electrons. The van der Waals surface area contributed by atoms with Crippen molar-refractivity contribution in [1.82, 2.24) is 0 Å². The normalized spacial score (nSPS) is 31.8. The summed E-state index contributed by atoms with van der Waals surface area (Å²) in [6.45, 7) is 7.30. The summed E-state index contributed by atoms with van der Waals surface area (Å²) in [4.78, 5) is 2.74. The minimum Gasteiger partial charge on any atom is -0.334 e. The Hall–Kier alpha value is -5.14. The Morgan fingerprint density at radius 3 is 2.12 bits per heavy atom. The van der Waals surface area contributed by atoms with Crippen molar-refractivity contribution in [2.45, 2.75) is 89.5 Å². The first-order chi connectivity index (χ1) is 28.4. The number of hydrogen-bond donors (Lipinski definition) is 0. The summed E-state index contributed by atoms with van der Waals surface area (Å²) >= 11 is 0. The molecule has 0 heterocycles. The molecule has 11 rings (SSSR count). The zero-order chi connectivity index (χ0) is 39.0. The predicted molar refractivity (Wildman–Crippen MR) is 246 cm³/mol. The van der Waals surface area contributed by atoms with Crippen LogP contribution in [0.5, 0.6) is 0 Å². The highest BCUT2D eigenvalue weighted by Gasteiger charge is 2.55. The molecular formula is C57H57N. The summed E-state index contributed by atoms with van der Waals surface area (Å²) in [5, 5.41) is 0. The second kappa shape index (κ2) is 14.0. The minimum absolute atomic E-state index is 0.0199. The van der Waals surface area contributed by atoms with Gasteiger partial charge in [-0.25, -0.2) is 0 Å². The Bertz CT molecular complexity index is 2450. The standard InChI is InChI=1S/C57H57N/c1-38-16-15-19-40-26-28-44(35-50(38)40)58(45-29-31-48-47-24-13-14-25-52(47)56(2,3)54(48)36-45)46-30-32-49-51-34-41(39-17-7-4-8-18-39)27-33-53(51)57(55(49)37-46,42-20-9-5-10-21-42)43-22-11-6-12-23-43/h4-12,14-15,17,19-20,22,25-33,35-36,38-39,41-43,46H,13,16,18,21,23-24,34,37H2,1-3H3. The molecular weight excluding hydrogens is 699 g/mol. The van der Waals surface area contributed by atoms with Crippen LogP contribution < -0.4 is 4.90 Å². The molecule has 0 fully saturated rings. The topological polar surface area (TPSA) is 3.24 Å². The van der Waals surface area contributed by atoms with Crippen molar-refractivity contribution >= 4 is 23.0 Å². The average Bonchev–Trinajstić information content (AvgIpc) is 3.69. The van der Waals surface area contributed by atoms with Gasteiger partial charge in [0, 0.05) is 22.2 Å². The highest BCUT2D eigenvalue weighted by molar-refractivity contribution is 5.85. The lowest BCUT2D eigenvalue weighted by atomic mass is 9.55. The van der Waals surface area contributed by atoms with Crippen molar-refractivity contribution in [3.63, 3.8) is 0 Å². The first-order valence-electron chi connectivity index (χ1n) is 22.4. The highest BCUT2D eigenvalue weighted by Crippen LogP contribution is 2.65. The van der Waals surface area contributed by atoms with Gasteiger partial charge in [0.25, 0.3) is 0 Å². The maximum Gasteiger partial charge on any atom is 0.0563 e. The van der Waals surface area contributed by atoms with E-state index < -0.39 is 0 Å². The summed E-state index contributed by atoms with van der Waals surface area (Å²) in [6, 6.07) is 15.0. The summed E-state index contributed by atoms with van der Waals surface area (Å²) < 4.78 is 0. The summed E-state index contributed by atoms with van der Waals surface area (Å²) in [5.41, 5.74) is 17.8. The van der Waals surface area contributed by atoms with Gasteiger partial charge in [-0.2, -0.15) is 0 Å². The Morgan fingerprint density at radius 2 is 1.36 bits per heavy atom. The van der Waals surface area contributed by atoms with Gasteiger partial charge in [0.15, 0.2) is 0 Å². The average molecular weight is 756 g/mol. The van der Waals surface area contributed by atoms with Crippen LogP contribution in [0.2, 0.25) is 0 Å². The van der Waals surface area contributed by atoms with Crippen molar-refractivity contribution in [2.24, 2.45) is 29.1 Å². The molecule has 58 heavy (non-hydrogen) atoms. The van der Waals surface area contributed by atoms with Crippen LogP contribution in [0.3, 0.4) is 0 Å². The smallest absolute Gasteiger partial charge is 0.0563 e. The SMILES string of the molecule is CC1CC=Cc2ccc(N(c3ccc4c(c3)C(C)(C)C3=C4CCC=C3)C3C=CC4=C(C3)C(C3C=CC=CC3)(C3C=CC=CC3)C3=C4CC(C4C=CC=CC4)C=C3)cc21. The molecule has 1 nitrogen and oxygen atoms in total. The van der Waals surface area contributed by atoms with E-state index in [2.05, 4.69) is 184 Å². The van der Waals surface area contributed by atoms with Crippen LogP contribution in [-0.4, -0.2) is 6.04 Å². The Kier molecular flexibility index (Phi) is 8.69. The molecule has 0 saturated carbocycles. The zero-order valence-corrected chi connectivity index (χ0v) is 34.6. The fraction of sp³-hybridized carbons (Fsp3) is 0.333. The first kappa shape index (κ1) is 36.0. The molecule has 9 aliphatic carbocycles. The fourth-order valence-electron chi connectivity index (χ4n) is 12.7. The second-order valence-corrected chi connectivity index (χ2v) is 18.9. The van der Waals surface area contributed by atoms with E-state index in [1.807, 2.05) is 0 Å². The van der Waals surface area contributed by atoms with Gasteiger partial charge in [0.05, 0.1) is 6.04 Å². The van der Waals surface area contributed by atoms with Crippen LogP contribution in [-0.2, 0) is 5.41 Å². The lowest BCUT2D eigenvalue weighted by Gasteiger charge is -2.49. The van der Waals surface area contributed by atoms with Crippen molar-refractivity contribution in [3.8, 4) is 0 Å². The van der Waals surface area contributed by atoms with Crippen LogP contribution in [0.15, 0.2) is 180 Å². The monoisotopic (exact) mass is 755 g/mol. The maximum atomic E-state index is 2.74. The Morgan fingerprint density at radius 1 is 0.603 bits per heavy atom. The molecule has 290 valence electrons. The van der Waals surface area contributed by atoms with Crippen LogP contribution >= 0.6 is 0 Å². The Balaban J connectivity index is 1.06. The molecule has 0 amide bonds. The van der Waals surface area contributed by atoms with E-state index in [0.29, 0.717) is 29.6 Å². The molecule has 0 spiro atoms. The van der Waals surface area contributed by atoms with Crippen LogP contribution in [0, 0.1) is 29.1 Å². The molecule has 0 aliphatic heterocycles. The van der Waals surface area contributed by atoms with Gasteiger partial charge < -0.3 is 4.90 Å². The molecule has 2 aromatic rings. The first-order valence-corrected chi connectivity index (χ1v) is 22.4. The van der Waals surface area contributed by atoms with Crippen molar-refractivity contribution in [1.29, 1.82) is 0 Å². The molecule has 0 saturated heterocycles. The number of hydrogen-bond acceptors (Lipinski definition) is 1. The highest BCUT2D eigenvalue weighted by atomic mass is 15.2. The van der Waals surface area contributed by atoms with Gasteiger partial charge in [0.1, 0.15) is 0 Å². The molecule has 6 unspecified atom stereocenters. The van der Waals surface area contributed by atoms with E-state index >= 15 is 0 Å². The third-order valence-electron chi connectivity index (χ3n) is 15.6. The summed E-state index contributed by atoms with van der Waals surface area (Å²) in [5.74, 6) is 2.38. The summed E-state index contributed by atoms with van der Waals surface area (Å²) in [7, 11) is 0. The van der Waals surface area contributed by atoms with E-state index in [9.17, 15) is 0 Å². The molecule has 1 heteroatoms. The number of benzene rings is 2. The van der Waals surface area contributed by atoms with Crippen molar-refractivity contribution in [3.05, 3.63) is 202 Å². The van der Waals surface area contributed by atoms with Gasteiger partial charge in [-0.15, -0.1) is 0 Å².